The molecule has 0 bridgehead atoms. The standard InChI is InChI=1S/C20H12Cl3NO2S3/c21-13-6-8-19(15(23)10-13)29(25,26)11-12-5-7-17(14(22)9-12)27-20-24-16-3-1-2-4-18(16)28-20/h1-10H,11H2. The minimum Gasteiger partial charge on any atom is -0.229 e. The number of fused-ring (bicyclic) bond motifs is 1. The molecule has 29 heavy (non-hydrogen) atoms. The Morgan fingerprint density at radius 3 is 2.45 bits per heavy atom. The number of hydrogen-bond acceptors (Lipinski definition) is 5. The summed E-state index contributed by atoms with van der Waals surface area (Å²) in [6, 6.07) is 17.5. The maximum atomic E-state index is 12.7. The lowest BCUT2D eigenvalue weighted by Gasteiger charge is -2.09. The van der Waals surface area contributed by atoms with Crippen molar-refractivity contribution in [3.63, 3.8) is 0 Å². The summed E-state index contributed by atoms with van der Waals surface area (Å²) in [5, 5.41) is 0.962. The first kappa shape index (κ1) is 21.0. The molecule has 0 unspecified atom stereocenters. The molecule has 4 aromatic rings. The second-order valence-corrected chi connectivity index (χ2v) is 11.7. The van der Waals surface area contributed by atoms with Crippen LogP contribution in [0.4, 0.5) is 0 Å². The Bertz CT molecular complexity index is 1290. The average molecular weight is 501 g/mol. The summed E-state index contributed by atoms with van der Waals surface area (Å²) in [7, 11) is -3.63. The van der Waals surface area contributed by atoms with Crippen molar-refractivity contribution in [2.45, 2.75) is 19.9 Å². The molecule has 1 aromatic heterocycles. The van der Waals surface area contributed by atoms with E-state index >= 15 is 0 Å². The predicted octanol–water partition coefficient (Wildman–Crippen LogP) is 7.38. The number of rotatable bonds is 5. The number of thiazole rings is 1. The van der Waals surface area contributed by atoms with Gasteiger partial charge in [0.1, 0.15) is 0 Å². The zero-order chi connectivity index (χ0) is 20.6. The van der Waals surface area contributed by atoms with Gasteiger partial charge in [-0.15, -0.1) is 11.3 Å². The zero-order valence-electron chi connectivity index (χ0n) is 14.6. The third kappa shape index (κ3) is 4.74. The fourth-order valence-corrected chi connectivity index (χ4v) is 7.24. The van der Waals surface area contributed by atoms with Gasteiger partial charge in [-0.2, -0.15) is 0 Å². The Balaban J connectivity index is 1.56. The van der Waals surface area contributed by atoms with E-state index in [0.29, 0.717) is 15.6 Å². The fraction of sp³-hybridized carbons (Fsp3) is 0.0500. The highest BCUT2D eigenvalue weighted by molar-refractivity contribution is 8.01. The quantitative estimate of drug-likeness (QED) is 0.287. The number of aromatic nitrogens is 1. The normalized spacial score (nSPS) is 11.8. The van der Waals surface area contributed by atoms with Gasteiger partial charge in [-0.05, 0) is 48.0 Å². The number of sulfone groups is 1. The number of hydrogen-bond donors (Lipinski definition) is 0. The molecule has 148 valence electrons. The van der Waals surface area contributed by atoms with E-state index in [2.05, 4.69) is 4.98 Å². The summed E-state index contributed by atoms with van der Waals surface area (Å²) < 4.78 is 27.5. The number of benzene rings is 3. The van der Waals surface area contributed by atoms with Crippen LogP contribution in [0, 0.1) is 0 Å². The van der Waals surface area contributed by atoms with Gasteiger partial charge in [0, 0.05) is 9.92 Å². The van der Waals surface area contributed by atoms with Gasteiger partial charge < -0.3 is 0 Å². The molecule has 1 heterocycles. The van der Waals surface area contributed by atoms with Crippen LogP contribution in [-0.4, -0.2) is 13.4 Å². The molecule has 0 saturated carbocycles. The number of para-hydroxylation sites is 1. The topological polar surface area (TPSA) is 47.0 Å². The Morgan fingerprint density at radius 2 is 1.72 bits per heavy atom. The molecule has 3 nitrogen and oxygen atoms in total. The third-order valence-corrected chi connectivity index (χ3v) is 9.05. The SMILES string of the molecule is O=S(=O)(Cc1ccc(Sc2nc3ccccc3s2)c(Cl)c1)c1ccc(Cl)cc1Cl. The van der Waals surface area contributed by atoms with E-state index in [1.54, 1.807) is 23.5 Å². The van der Waals surface area contributed by atoms with Crippen LogP contribution in [0.2, 0.25) is 15.1 Å². The summed E-state index contributed by atoms with van der Waals surface area (Å²) >= 11 is 21.4. The van der Waals surface area contributed by atoms with Crippen LogP contribution in [0.5, 0.6) is 0 Å². The van der Waals surface area contributed by atoms with E-state index in [1.165, 1.54) is 30.0 Å². The molecule has 4 rings (SSSR count). The first-order valence-electron chi connectivity index (χ1n) is 8.31. The Labute approximate surface area is 191 Å². The van der Waals surface area contributed by atoms with Gasteiger partial charge in [-0.1, -0.05) is 64.8 Å². The first-order chi connectivity index (χ1) is 13.8. The van der Waals surface area contributed by atoms with E-state index in [-0.39, 0.29) is 15.7 Å². The molecule has 0 atom stereocenters. The lowest BCUT2D eigenvalue weighted by atomic mass is 10.2. The van der Waals surface area contributed by atoms with Gasteiger partial charge in [-0.25, -0.2) is 13.4 Å². The molecule has 0 amide bonds. The molecule has 0 radical (unpaired) electrons. The van der Waals surface area contributed by atoms with Crippen molar-refractivity contribution < 1.29 is 8.42 Å². The molecule has 0 aliphatic carbocycles. The second-order valence-electron chi connectivity index (χ2n) is 6.15. The minimum atomic E-state index is -3.63. The van der Waals surface area contributed by atoms with E-state index in [4.69, 9.17) is 34.8 Å². The predicted molar refractivity (Wildman–Crippen MR) is 123 cm³/mol. The van der Waals surface area contributed by atoms with Crippen LogP contribution in [0.25, 0.3) is 10.2 Å². The molecule has 0 N–H and O–H groups in total. The van der Waals surface area contributed by atoms with Gasteiger partial charge in [0.15, 0.2) is 14.2 Å². The molecular formula is C20H12Cl3NO2S3. The van der Waals surface area contributed by atoms with Crippen molar-refractivity contribution in [3.05, 3.63) is 81.3 Å². The van der Waals surface area contributed by atoms with Crippen LogP contribution in [0.3, 0.4) is 0 Å². The summed E-state index contributed by atoms with van der Waals surface area (Å²) in [5.74, 6) is -0.208. The Kier molecular flexibility index (Phi) is 6.11. The number of halogens is 3. The van der Waals surface area contributed by atoms with Crippen molar-refractivity contribution in [1.82, 2.24) is 4.98 Å². The molecule has 0 aliphatic rings. The Morgan fingerprint density at radius 1 is 0.931 bits per heavy atom. The van der Waals surface area contributed by atoms with Gasteiger partial charge in [-0.3, -0.25) is 0 Å². The largest absolute Gasteiger partial charge is 0.229 e. The summed E-state index contributed by atoms with van der Waals surface area (Å²) in [6.45, 7) is 0. The van der Waals surface area contributed by atoms with E-state index < -0.39 is 9.84 Å². The van der Waals surface area contributed by atoms with Gasteiger partial charge >= 0.3 is 0 Å². The molecule has 0 saturated heterocycles. The van der Waals surface area contributed by atoms with Crippen molar-refractivity contribution in [2.24, 2.45) is 0 Å². The first-order valence-corrected chi connectivity index (χ1v) is 12.7. The molecular weight excluding hydrogens is 489 g/mol. The highest BCUT2D eigenvalue weighted by Gasteiger charge is 2.20. The summed E-state index contributed by atoms with van der Waals surface area (Å²) in [4.78, 5) is 5.45. The molecule has 0 spiro atoms. The van der Waals surface area contributed by atoms with Crippen molar-refractivity contribution >= 4 is 78.0 Å². The van der Waals surface area contributed by atoms with Crippen molar-refractivity contribution in [2.75, 3.05) is 0 Å². The lowest BCUT2D eigenvalue weighted by molar-refractivity contribution is 0.595. The number of nitrogens with zero attached hydrogens (tertiary/aromatic N) is 1. The lowest BCUT2D eigenvalue weighted by Crippen LogP contribution is -2.05. The monoisotopic (exact) mass is 499 g/mol. The zero-order valence-corrected chi connectivity index (χ0v) is 19.3. The van der Waals surface area contributed by atoms with Crippen molar-refractivity contribution in [1.29, 1.82) is 0 Å². The van der Waals surface area contributed by atoms with Crippen LogP contribution < -0.4 is 0 Å². The van der Waals surface area contributed by atoms with Crippen LogP contribution >= 0.6 is 57.9 Å². The van der Waals surface area contributed by atoms with E-state index in [0.717, 1.165) is 19.5 Å². The van der Waals surface area contributed by atoms with Crippen LogP contribution in [0.15, 0.2) is 74.8 Å². The van der Waals surface area contributed by atoms with E-state index in [9.17, 15) is 8.42 Å². The average Bonchev–Trinajstić information content (AvgIpc) is 3.06. The fourth-order valence-electron chi connectivity index (χ4n) is 2.73. The van der Waals surface area contributed by atoms with Gasteiger partial charge in [0.25, 0.3) is 0 Å². The van der Waals surface area contributed by atoms with Gasteiger partial charge in [0.05, 0.1) is 30.9 Å². The smallest absolute Gasteiger partial charge is 0.183 e. The second kappa shape index (κ2) is 8.46. The minimum absolute atomic E-state index is 0.0487. The van der Waals surface area contributed by atoms with Crippen LogP contribution in [-0.2, 0) is 15.6 Å². The highest BCUT2D eigenvalue weighted by Crippen LogP contribution is 2.38. The highest BCUT2D eigenvalue weighted by atomic mass is 35.5. The molecule has 0 fully saturated rings. The van der Waals surface area contributed by atoms with Gasteiger partial charge in [0.2, 0.25) is 0 Å². The molecule has 9 heteroatoms. The Hall–Kier alpha value is -1.28. The maximum Gasteiger partial charge on any atom is 0.183 e. The maximum absolute atomic E-state index is 12.7. The summed E-state index contributed by atoms with van der Waals surface area (Å²) in [5.41, 5.74) is 1.52. The third-order valence-electron chi connectivity index (χ3n) is 4.05. The molecule has 3 aromatic carbocycles. The van der Waals surface area contributed by atoms with Crippen molar-refractivity contribution in [3.8, 4) is 0 Å². The van der Waals surface area contributed by atoms with Crippen LogP contribution in [0.1, 0.15) is 5.56 Å². The molecule has 0 aliphatic heterocycles. The summed E-state index contributed by atoms with van der Waals surface area (Å²) in [6.07, 6.45) is 0. The van der Waals surface area contributed by atoms with E-state index in [1.807, 2.05) is 30.3 Å².